The van der Waals surface area contributed by atoms with Crippen molar-refractivity contribution in [3.05, 3.63) is 72.4 Å². The predicted octanol–water partition coefficient (Wildman–Crippen LogP) is 6.63. The predicted molar refractivity (Wildman–Crippen MR) is 160 cm³/mol. The van der Waals surface area contributed by atoms with Gasteiger partial charge in [-0.15, -0.1) is 0 Å². The largest absolute Gasteiger partial charge is 0.495 e. The number of anilines is 4. The average Bonchev–Trinajstić information content (AvgIpc) is 3.27. The number of halogens is 3. The van der Waals surface area contributed by atoms with E-state index in [-0.39, 0.29) is 18.1 Å². The highest BCUT2D eigenvalue weighted by molar-refractivity contribution is 7.98. The first kappa shape index (κ1) is 29.6. The Morgan fingerprint density at radius 1 is 1.05 bits per heavy atom. The van der Waals surface area contributed by atoms with Gasteiger partial charge in [0.25, 0.3) is 0 Å². The molecule has 1 aromatic heterocycles. The second-order valence-electron chi connectivity index (χ2n) is 9.31. The first-order valence-corrected chi connectivity index (χ1v) is 13.4. The molecule has 214 valence electrons. The molecule has 0 aliphatic carbocycles. The molecule has 0 unspecified atom stereocenters. The van der Waals surface area contributed by atoms with Crippen LogP contribution in [0.5, 0.6) is 5.75 Å². The molecule has 0 aliphatic heterocycles. The first-order chi connectivity index (χ1) is 19.5. The highest BCUT2D eigenvalue weighted by Crippen LogP contribution is 2.32. The molecule has 0 bridgehead atoms. The summed E-state index contributed by atoms with van der Waals surface area (Å²) in [5, 5.41) is 7.11. The van der Waals surface area contributed by atoms with E-state index >= 15 is 0 Å². The summed E-state index contributed by atoms with van der Waals surface area (Å²) in [5.41, 5.74) is 3.89. The lowest BCUT2D eigenvalue weighted by molar-refractivity contribution is -0.140. The monoisotopic (exact) mass is 581 g/mol. The topological polar surface area (TPSA) is 70.6 Å². The van der Waals surface area contributed by atoms with E-state index in [1.165, 1.54) is 30.5 Å². The molecule has 3 N–H and O–H groups in total. The second kappa shape index (κ2) is 12.8. The number of nitrogens with one attached hydrogen (secondary N) is 3. The van der Waals surface area contributed by atoms with Gasteiger partial charge < -0.3 is 24.8 Å². The molecule has 0 atom stereocenters. The van der Waals surface area contributed by atoms with Crippen LogP contribution < -0.4 is 25.0 Å². The fourth-order valence-corrected chi connectivity index (χ4v) is 4.69. The lowest BCUT2D eigenvalue weighted by atomic mass is 10.2. The van der Waals surface area contributed by atoms with Gasteiger partial charge in [0.2, 0.25) is 5.91 Å². The van der Waals surface area contributed by atoms with Crippen LogP contribution in [0.3, 0.4) is 0 Å². The summed E-state index contributed by atoms with van der Waals surface area (Å²) in [4.78, 5) is 13.9. The Bertz CT molecular complexity index is 1590. The van der Waals surface area contributed by atoms with Gasteiger partial charge in [-0.3, -0.25) is 9.52 Å². The van der Waals surface area contributed by atoms with E-state index < -0.39 is 12.7 Å². The number of carbonyl (C=O) groups excluding carboxylic acids is 1. The van der Waals surface area contributed by atoms with Crippen molar-refractivity contribution in [3.63, 3.8) is 0 Å². The molecule has 0 spiro atoms. The standard InChI is InChI=1S/C30H30F3N5O2S/c1-20(39)36-41-24-14-15-27(29(18-24)40-4)34-16-6-7-23-17-25-26(35-21-10-12-22(13-11-21)37(2)3)8-5-9-28(25)38(23)19-30(31,32)33/h5,8-15,17-18,34-35H,16,19H2,1-4H3,(H,36,39). The lowest BCUT2D eigenvalue weighted by Gasteiger charge is -2.14. The quantitative estimate of drug-likeness (QED) is 0.152. The fraction of sp³-hybridized carbons (Fsp3) is 0.233. The Kier molecular flexibility index (Phi) is 9.24. The van der Waals surface area contributed by atoms with E-state index in [0.29, 0.717) is 28.0 Å². The number of rotatable bonds is 9. The normalized spacial score (nSPS) is 11.0. The van der Waals surface area contributed by atoms with Gasteiger partial charge in [-0.25, -0.2) is 0 Å². The van der Waals surface area contributed by atoms with Crippen LogP contribution in [0, 0.1) is 11.8 Å². The number of fused-ring (bicyclic) bond motifs is 1. The maximum Gasteiger partial charge on any atom is 0.406 e. The number of hydrogen-bond acceptors (Lipinski definition) is 6. The zero-order valence-corrected chi connectivity index (χ0v) is 23.8. The summed E-state index contributed by atoms with van der Waals surface area (Å²) >= 11 is 1.17. The van der Waals surface area contributed by atoms with Crippen molar-refractivity contribution in [2.24, 2.45) is 0 Å². The molecule has 0 aliphatic rings. The summed E-state index contributed by atoms with van der Waals surface area (Å²) in [6, 6.07) is 20.0. The van der Waals surface area contributed by atoms with Crippen molar-refractivity contribution in [1.29, 1.82) is 0 Å². The van der Waals surface area contributed by atoms with Crippen LogP contribution in [0.25, 0.3) is 10.9 Å². The summed E-state index contributed by atoms with van der Waals surface area (Å²) in [5.74, 6) is 6.22. The number of aromatic nitrogens is 1. The van der Waals surface area contributed by atoms with Crippen LogP contribution in [-0.2, 0) is 11.3 Å². The highest BCUT2D eigenvalue weighted by Gasteiger charge is 2.30. The fourth-order valence-electron chi connectivity index (χ4n) is 4.13. The highest BCUT2D eigenvalue weighted by atomic mass is 32.2. The van der Waals surface area contributed by atoms with Gasteiger partial charge in [0.15, 0.2) is 0 Å². The molecule has 3 aromatic carbocycles. The average molecular weight is 582 g/mol. The first-order valence-electron chi connectivity index (χ1n) is 12.6. The number of hydrogen-bond donors (Lipinski definition) is 3. The van der Waals surface area contributed by atoms with Gasteiger partial charge >= 0.3 is 6.18 Å². The molecule has 4 rings (SSSR count). The van der Waals surface area contributed by atoms with Crippen LogP contribution in [0.1, 0.15) is 12.6 Å². The van der Waals surface area contributed by atoms with Crippen molar-refractivity contribution >= 4 is 51.5 Å². The molecule has 1 heterocycles. The zero-order chi connectivity index (χ0) is 29.6. The Morgan fingerprint density at radius 3 is 2.46 bits per heavy atom. The lowest BCUT2D eigenvalue weighted by Crippen LogP contribution is -2.18. The van der Waals surface area contributed by atoms with Gasteiger partial charge in [-0.2, -0.15) is 13.2 Å². The molecular weight excluding hydrogens is 551 g/mol. The van der Waals surface area contributed by atoms with E-state index in [4.69, 9.17) is 4.74 Å². The molecule has 0 radical (unpaired) electrons. The van der Waals surface area contributed by atoms with Crippen LogP contribution in [-0.4, -0.2) is 44.4 Å². The van der Waals surface area contributed by atoms with Gasteiger partial charge in [0.05, 0.1) is 30.6 Å². The Balaban J connectivity index is 1.58. The maximum absolute atomic E-state index is 13.6. The molecule has 0 fully saturated rings. The SMILES string of the molecule is COc1cc(SNC(C)=O)ccc1NCC#Cc1cc2c(Nc3ccc(N(C)C)cc3)cccc2n1CC(F)(F)F. The van der Waals surface area contributed by atoms with Crippen molar-refractivity contribution in [2.45, 2.75) is 24.5 Å². The molecule has 41 heavy (non-hydrogen) atoms. The van der Waals surface area contributed by atoms with E-state index in [9.17, 15) is 18.0 Å². The molecule has 4 aromatic rings. The Morgan fingerprint density at radius 2 is 1.80 bits per heavy atom. The van der Waals surface area contributed by atoms with E-state index in [2.05, 4.69) is 27.2 Å². The number of ether oxygens (including phenoxy) is 1. The van der Waals surface area contributed by atoms with Gasteiger partial charge in [-0.1, -0.05) is 12.0 Å². The van der Waals surface area contributed by atoms with E-state index in [0.717, 1.165) is 16.3 Å². The van der Waals surface area contributed by atoms with Crippen molar-refractivity contribution in [3.8, 4) is 17.6 Å². The van der Waals surface area contributed by atoms with Crippen molar-refractivity contribution < 1.29 is 22.7 Å². The number of alkyl halides is 3. The number of carbonyl (C=O) groups is 1. The van der Waals surface area contributed by atoms with E-state index in [1.807, 2.05) is 55.4 Å². The van der Waals surface area contributed by atoms with Crippen LogP contribution in [0.4, 0.5) is 35.9 Å². The molecule has 0 saturated heterocycles. The number of methoxy groups -OCH3 is 1. The van der Waals surface area contributed by atoms with Crippen molar-refractivity contribution in [1.82, 2.24) is 9.29 Å². The summed E-state index contributed by atoms with van der Waals surface area (Å²) in [6.07, 6.45) is -4.42. The second-order valence-corrected chi connectivity index (χ2v) is 10.2. The summed E-state index contributed by atoms with van der Waals surface area (Å²) < 4.78 is 50.0. The minimum Gasteiger partial charge on any atom is -0.495 e. The van der Waals surface area contributed by atoms with Crippen LogP contribution >= 0.6 is 11.9 Å². The summed E-state index contributed by atoms with van der Waals surface area (Å²) in [6.45, 7) is 0.440. The molecule has 7 nitrogen and oxygen atoms in total. The third-order valence-electron chi connectivity index (χ3n) is 6.02. The Labute approximate surface area is 241 Å². The van der Waals surface area contributed by atoms with Gasteiger partial charge in [-0.05, 0) is 78.5 Å². The summed E-state index contributed by atoms with van der Waals surface area (Å²) in [7, 11) is 5.43. The maximum atomic E-state index is 13.6. The van der Waals surface area contributed by atoms with Crippen LogP contribution in [0.15, 0.2) is 71.6 Å². The number of benzene rings is 3. The minimum absolute atomic E-state index is 0.170. The molecule has 0 saturated carbocycles. The van der Waals surface area contributed by atoms with Crippen LogP contribution in [0.2, 0.25) is 0 Å². The third kappa shape index (κ3) is 7.83. The number of amides is 1. The van der Waals surface area contributed by atoms with Gasteiger partial charge in [0.1, 0.15) is 12.3 Å². The molecule has 1 amide bonds. The van der Waals surface area contributed by atoms with Gasteiger partial charge in [0, 0.05) is 48.4 Å². The molecular formula is C30H30F3N5O2S. The smallest absolute Gasteiger partial charge is 0.406 e. The Hall–Kier alpha value is -4.43. The molecule has 11 heteroatoms. The number of nitrogens with zero attached hydrogens (tertiary/aromatic N) is 2. The zero-order valence-electron chi connectivity index (χ0n) is 23.0. The van der Waals surface area contributed by atoms with Crippen molar-refractivity contribution in [2.75, 3.05) is 43.3 Å². The van der Waals surface area contributed by atoms with E-state index in [1.54, 1.807) is 30.3 Å². The minimum atomic E-state index is -4.42. The third-order valence-corrected chi connectivity index (χ3v) is 6.89.